The van der Waals surface area contributed by atoms with E-state index in [0.29, 0.717) is 37.3 Å². The number of hydrogen-bond acceptors (Lipinski definition) is 5. The molecule has 8 heteroatoms. The summed E-state index contributed by atoms with van der Waals surface area (Å²) in [5.74, 6) is 0. The summed E-state index contributed by atoms with van der Waals surface area (Å²) < 4.78 is 11.6. The zero-order chi connectivity index (χ0) is 17.4. The van der Waals surface area contributed by atoms with Gasteiger partial charge >= 0.3 is 18.1 Å². The van der Waals surface area contributed by atoms with Crippen molar-refractivity contribution in [3.8, 4) is 6.01 Å². The molecule has 1 aromatic heterocycles. The summed E-state index contributed by atoms with van der Waals surface area (Å²) in [5.41, 5.74) is 1.14. The van der Waals surface area contributed by atoms with Crippen molar-refractivity contribution in [2.75, 3.05) is 26.3 Å². The summed E-state index contributed by atoms with van der Waals surface area (Å²) in [6.07, 6.45) is 0.112. The Morgan fingerprint density at radius 1 is 1.17 bits per heavy atom. The van der Waals surface area contributed by atoms with Gasteiger partial charge in [-0.3, -0.25) is 0 Å². The highest BCUT2D eigenvalue weighted by molar-refractivity contribution is 5.91. The molecule has 130 valence electrons. The highest BCUT2D eigenvalue weighted by Gasteiger charge is 2.19. The minimum absolute atomic E-state index is 0.0706. The topological polar surface area (TPSA) is 94.5 Å². The fourth-order valence-corrected chi connectivity index (χ4v) is 2.07. The van der Waals surface area contributed by atoms with Crippen LogP contribution in [0.4, 0.5) is 9.59 Å². The van der Waals surface area contributed by atoms with Gasteiger partial charge in [0, 0.05) is 19.7 Å². The van der Waals surface area contributed by atoms with Crippen molar-refractivity contribution >= 4 is 23.2 Å². The second kappa shape index (κ2) is 8.88. The first-order valence-electron chi connectivity index (χ1n) is 7.96. The molecular weight excluding hydrogens is 312 g/mol. The van der Waals surface area contributed by atoms with E-state index in [1.165, 1.54) is 4.57 Å². The maximum Gasteiger partial charge on any atom is 0.415 e. The quantitative estimate of drug-likeness (QED) is 0.757. The van der Waals surface area contributed by atoms with Crippen molar-refractivity contribution < 1.29 is 19.1 Å². The maximum atomic E-state index is 12.4. The molecule has 0 aliphatic rings. The number of fused-ring (bicyclic) bond motifs is 1. The number of rotatable bonds is 7. The Morgan fingerprint density at radius 2 is 1.96 bits per heavy atom. The molecule has 2 aromatic rings. The number of amides is 2. The molecule has 0 aliphatic heterocycles. The van der Waals surface area contributed by atoms with Crippen LogP contribution < -0.4 is 15.4 Å². The number of imidazole rings is 1. The van der Waals surface area contributed by atoms with E-state index >= 15 is 0 Å². The molecule has 0 radical (unpaired) electrons. The Labute approximate surface area is 140 Å². The molecule has 1 heterocycles. The first-order valence-corrected chi connectivity index (χ1v) is 7.96. The Morgan fingerprint density at radius 3 is 2.71 bits per heavy atom. The molecule has 0 aliphatic carbocycles. The molecule has 0 fully saturated rings. The molecule has 0 unspecified atom stereocenters. The van der Waals surface area contributed by atoms with Crippen LogP contribution in [0.3, 0.4) is 0 Å². The lowest BCUT2D eigenvalue weighted by atomic mass is 10.3. The highest BCUT2D eigenvalue weighted by atomic mass is 16.6. The highest BCUT2D eigenvalue weighted by Crippen LogP contribution is 2.21. The van der Waals surface area contributed by atoms with Crippen molar-refractivity contribution in [2.45, 2.75) is 20.3 Å². The summed E-state index contributed by atoms with van der Waals surface area (Å²) in [4.78, 5) is 28.4. The fourth-order valence-electron chi connectivity index (χ4n) is 2.07. The average molecular weight is 334 g/mol. The van der Waals surface area contributed by atoms with Crippen LogP contribution in [-0.2, 0) is 4.74 Å². The van der Waals surface area contributed by atoms with Gasteiger partial charge in [-0.15, -0.1) is 0 Å². The van der Waals surface area contributed by atoms with E-state index in [0.717, 1.165) is 6.42 Å². The zero-order valence-corrected chi connectivity index (χ0v) is 13.9. The summed E-state index contributed by atoms with van der Waals surface area (Å²) in [7, 11) is 0. The van der Waals surface area contributed by atoms with E-state index in [1.54, 1.807) is 24.3 Å². The first kappa shape index (κ1) is 17.7. The molecule has 24 heavy (non-hydrogen) atoms. The summed E-state index contributed by atoms with van der Waals surface area (Å²) >= 11 is 0. The summed E-state index contributed by atoms with van der Waals surface area (Å²) in [6, 6.07) is 6.63. The molecule has 8 nitrogen and oxygen atoms in total. The monoisotopic (exact) mass is 334 g/mol. The lowest BCUT2D eigenvalue weighted by molar-refractivity contribution is 0.144. The number of aromatic nitrogens is 2. The van der Waals surface area contributed by atoms with Gasteiger partial charge in [-0.25, -0.2) is 14.2 Å². The minimum Gasteiger partial charge on any atom is -0.380 e. The van der Waals surface area contributed by atoms with Crippen LogP contribution in [0, 0.1) is 0 Å². The van der Waals surface area contributed by atoms with E-state index in [1.807, 2.05) is 13.8 Å². The average Bonchev–Trinajstić information content (AvgIpc) is 2.94. The third-order valence-corrected chi connectivity index (χ3v) is 3.16. The minimum atomic E-state index is -0.686. The van der Waals surface area contributed by atoms with Gasteiger partial charge in [0.2, 0.25) is 0 Å². The number of carbonyl (C=O) groups is 2. The predicted molar refractivity (Wildman–Crippen MR) is 89.3 cm³/mol. The second-order valence-electron chi connectivity index (χ2n) is 4.96. The Balaban J connectivity index is 2.16. The zero-order valence-electron chi connectivity index (χ0n) is 13.9. The van der Waals surface area contributed by atoms with Gasteiger partial charge in [0.15, 0.2) is 0 Å². The predicted octanol–water partition coefficient (Wildman–Crippen LogP) is 2.13. The van der Waals surface area contributed by atoms with Crippen LogP contribution in [0.2, 0.25) is 0 Å². The van der Waals surface area contributed by atoms with Crippen LogP contribution in [0.25, 0.3) is 11.0 Å². The normalized spacial score (nSPS) is 10.6. The number of ether oxygens (including phenoxy) is 2. The molecule has 0 saturated heterocycles. The Bertz CT molecular complexity index is 698. The fraction of sp³-hybridized carbons (Fsp3) is 0.438. The molecule has 0 saturated carbocycles. The van der Waals surface area contributed by atoms with Gasteiger partial charge in [0.1, 0.15) is 0 Å². The lowest BCUT2D eigenvalue weighted by Crippen LogP contribution is -2.33. The first-order chi connectivity index (χ1) is 11.7. The van der Waals surface area contributed by atoms with Gasteiger partial charge in [0.05, 0.1) is 17.6 Å². The molecule has 2 amide bonds. The largest absolute Gasteiger partial charge is 0.415 e. The van der Waals surface area contributed by atoms with Crippen LogP contribution >= 0.6 is 0 Å². The molecule has 0 bridgehead atoms. The number of nitrogens with one attached hydrogen (secondary N) is 2. The molecule has 0 spiro atoms. The van der Waals surface area contributed by atoms with Gasteiger partial charge in [-0.05, 0) is 25.5 Å². The lowest BCUT2D eigenvalue weighted by Gasteiger charge is -2.09. The van der Waals surface area contributed by atoms with Gasteiger partial charge < -0.3 is 20.1 Å². The second-order valence-corrected chi connectivity index (χ2v) is 4.96. The van der Waals surface area contributed by atoms with Crippen molar-refractivity contribution in [3.05, 3.63) is 24.3 Å². The number of carbonyl (C=O) groups excluding carboxylic acids is 2. The van der Waals surface area contributed by atoms with Crippen molar-refractivity contribution in [2.24, 2.45) is 0 Å². The molecule has 2 rings (SSSR count). The summed E-state index contributed by atoms with van der Waals surface area (Å²) in [6.45, 7) is 5.62. The van der Waals surface area contributed by atoms with E-state index in [2.05, 4.69) is 15.6 Å². The molecule has 2 N–H and O–H groups in total. The number of nitrogens with zero attached hydrogens (tertiary/aromatic N) is 2. The van der Waals surface area contributed by atoms with Crippen LogP contribution in [0.5, 0.6) is 6.01 Å². The van der Waals surface area contributed by atoms with E-state index in [4.69, 9.17) is 9.47 Å². The van der Waals surface area contributed by atoms with E-state index in [9.17, 15) is 9.59 Å². The number of hydrogen-bond donors (Lipinski definition) is 2. The summed E-state index contributed by atoms with van der Waals surface area (Å²) in [5, 5.41) is 5.30. The molecular formula is C16H22N4O4. The van der Waals surface area contributed by atoms with Gasteiger partial charge in [-0.1, -0.05) is 19.1 Å². The van der Waals surface area contributed by atoms with Gasteiger partial charge in [-0.2, -0.15) is 4.98 Å². The smallest absolute Gasteiger partial charge is 0.380 e. The third kappa shape index (κ3) is 4.45. The maximum absolute atomic E-state index is 12.4. The van der Waals surface area contributed by atoms with Gasteiger partial charge in [0.25, 0.3) is 0 Å². The molecule has 1 aromatic carbocycles. The SMILES string of the molecule is CCCNC(=O)n1c(OC(=O)NCCOCC)nc2ccccc21. The van der Waals surface area contributed by atoms with E-state index in [-0.39, 0.29) is 12.0 Å². The van der Waals surface area contributed by atoms with Crippen LogP contribution in [0.1, 0.15) is 20.3 Å². The van der Waals surface area contributed by atoms with Crippen molar-refractivity contribution in [1.29, 1.82) is 0 Å². The third-order valence-electron chi connectivity index (χ3n) is 3.16. The number of benzene rings is 1. The molecule has 0 atom stereocenters. The Kier molecular flexibility index (Phi) is 6.56. The van der Waals surface area contributed by atoms with Crippen LogP contribution in [0.15, 0.2) is 24.3 Å². The Hall–Kier alpha value is -2.61. The van der Waals surface area contributed by atoms with Crippen molar-refractivity contribution in [1.82, 2.24) is 20.2 Å². The van der Waals surface area contributed by atoms with Crippen LogP contribution in [-0.4, -0.2) is 48.0 Å². The standard InChI is InChI=1S/C16H22N4O4/c1-3-9-17-14(21)20-13-8-6-5-7-12(13)19-15(20)24-16(22)18-10-11-23-4-2/h5-8H,3-4,9-11H2,1-2H3,(H,17,21)(H,18,22). The number of para-hydroxylation sites is 2. The van der Waals surface area contributed by atoms with E-state index < -0.39 is 6.09 Å². The van der Waals surface area contributed by atoms with Crippen molar-refractivity contribution in [3.63, 3.8) is 0 Å².